The summed E-state index contributed by atoms with van der Waals surface area (Å²) in [6.45, 7) is 12.0. The Labute approximate surface area is 321 Å². The third kappa shape index (κ3) is 11.4. The molecule has 1 heterocycles. The number of ether oxygens (including phenoxy) is 6. The van der Waals surface area contributed by atoms with Crippen molar-refractivity contribution in [1.82, 2.24) is 4.90 Å². The molecule has 1 amide bonds. The van der Waals surface area contributed by atoms with Gasteiger partial charge in [-0.3, -0.25) is 9.59 Å². The van der Waals surface area contributed by atoms with Gasteiger partial charge in [-0.05, 0) is 104 Å². The second-order valence-electron chi connectivity index (χ2n) is 15.2. The normalized spacial score (nSPS) is 19.4. The first-order chi connectivity index (χ1) is 25.8. The molecule has 0 aromatic heterocycles. The fourth-order valence-electron chi connectivity index (χ4n) is 6.11. The van der Waals surface area contributed by atoms with Crippen LogP contribution < -0.4 is 4.74 Å². The molecule has 13 nitrogen and oxygen atoms in total. The molecule has 296 valence electrons. The molecule has 1 N–H and O–H groups in total. The lowest BCUT2D eigenvalue weighted by atomic mass is 9.85. The van der Waals surface area contributed by atoms with Gasteiger partial charge in [0.25, 0.3) is 5.91 Å². The zero-order valence-corrected chi connectivity index (χ0v) is 32.6. The quantitative estimate of drug-likeness (QED) is 0.106. The number of benzene rings is 3. The zero-order chi connectivity index (χ0) is 40.6. The molecule has 0 spiro atoms. The fraction of sp³-hybridized carbons (Fsp3) is 0.452. The van der Waals surface area contributed by atoms with E-state index in [1.54, 1.807) is 60.6 Å². The predicted octanol–water partition coefficient (Wildman–Crippen LogP) is 6.22. The van der Waals surface area contributed by atoms with Crippen molar-refractivity contribution in [3.8, 4) is 11.5 Å². The van der Waals surface area contributed by atoms with Gasteiger partial charge in [0.1, 0.15) is 29.2 Å². The summed E-state index contributed by atoms with van der Waals surface area (Å²) in [6, 6.07) is 25.5. The second-order valence-corrected chi connectivity index (χ2v) is 15.2. The number of carbonyl (C=O) groups excluding carboxylic acids is 4. The number of nitrogens with zero attached hydrogens (tertiary/aromatic N) is 1. The van der Waals surface area contributed by atoms with Crippen LogP contribution in [0.2, 0.25) is 0 Å². The van der Waals surface area contributed by atoms with Crippen LogP contribution in [0.25, 0.3) is 0 Å². The summed E-state index contributed by atoms with van der Waals surface area (Å²) in [6.07, 6.45) is -3.00. The molecule has 4 rings (SSSR count). The molecule has 0 radical (unpaired) electrons. The number of amides is 1. The summed E-state index contributed by atoms with van der Waals surface area (Å²) in [5.41, 5.74) is -0.198. The standard InChI is InChI=1S/C42H51NO12/c1-9-50-39(49)42(38(47)48)53-34(35(54-42)37(46)55-41(6,7)8)36(45)43(26-33(44)52-40(3,4)5)27(2)32(25-20-28-16-12-10-13-17-28)29-21-23-31(24-22-29)51-30-18-14-11-15-19-30/h10-19,21-24,27,32,34-35H,9,20,25-26H2,1-8H3,(H,47,48)/t27-,32+,34-,35-,42?/m1/s1. The number of para-hydroxylation sites is 1. The van der Waals surface area contributed by atoms with Gasteiger partial charge in [0.15, 0.2) is 12.2 Å². The molecule has 3 aromatic carbocycles. The van der Waals surface area contributed by atoms with Gasteiger partial charge in [0.05, 0.1) is 6.61 Å². The van der Waals surface area contributed by atoms with Gasteiger partial charge in [0.2, 0.25) is 0 Å². The Kier molecular flexibility index (Phi) is 13.8. The molecular formula is C42H51NO12. The summed E-state index contributed by atoms with van der Waals surface area (Å²) >= 11 is 0. The van der Waals surface area contributed by atoms with Crippen LogP contribution >= 0.6 is 0 Å². The topological polar surface area (TPSA) is 164 Å². The van der Waals surface area contributed by atoms with Gasteiger partial charge in [0, 0.05) is 12.0 Å². The summed E-state index contributed by atoms with van der Waals surface area (Å²) in [7, 11) is 0. The van der Waals surface area contributed by atoms with E-state index in [1.165, 1.54) is 11.8 Å². The Morgan fingerprint density at radius 1 is 0.782 bits per heavy atom. The minimum absolute atomic E-state index is 0.254. The van der Waals surface area contributed by atoms with Crippen LogP contribution in [0.5, 0.6) is 11.5 Å². The SMILES string of the molecule is CCOC(=O)C1(C(=O)O)O[C@@H](C(=O)OC(C)(C)C)[C@H](C(=O)N(CC(=O)OC(C)(C)C)[C@H](C)[C@H](CCc2ccccc2)c2ccc(Oc3ccccc3)cc2)O1. The summed E-state index contributed by atoms with van der Waals surface area (Å²) in [5, 5.41) is 10.2. The average Bonchev–Trinajstić information content (AvgIpc) is 3.54. The third-order valence-electron chi connectivity index (χ3n) is 8.52. The Morgan fingerprint density at radius 3 is 1.87 bits per heavy atom. The fourth-order valence-corrected chi connectivity index (χ4v) is 6.11. The molecule has 1 saturated heterocycles. The molecule has 5 atom stereocenters. The highest BCUT2D eigenvalue weighted by Gasteiger charge is 2.65. The molecule has 0 saturated carbocycles. The van der Waals surface area contributed by atoms with E-state index in [9.17, 15) is 29.1 Å². The molecule has 55 heavy (non-hydrogen) atoms. The van der Waals surface area contributed by atoms with Crippen LogP contribution in [-0.2, 0) is 54.1 Å². The van der Waals surface area contributed by atoms with Crippen molar-refractivity contribution >= 4 is 29.8 Å². The van der Waals surface area contributed by atoms with Crippen LogP contribution in [0.1, 0.15) is 78.9 Å². The highest BCUT2D eigenvalue weighted by Crippen LogP contribution is 2.36. The van der Waals surface area contributed by atoms with Crippen LogP contribution in [0, 0.1) is 0 Å². The van der Waals surface area contributed by atoms with Crippen molar-refractivity contribution in [2.75, 3.05) is 13.2 Å². The number of rotatable bonds is 15. The second kappa shape index (κ2) is 17.9. The maximum absolute atomic E-state index is 14.9. The number of carbonyl (C=O) groups is 5. The van der Waals surface area contributed by atoms with E-state index < -0.39 is 77.5 Å². The minimum Gasteiger partial charge on any atom is -0.477 e. The maximum Gasteiger partial charge on any atom is 0.379 e. The first-order valence-corrected chi connectivity index (χ1v) is 18.2. The van der Waals surface area contributed by atoms with Gasteiger partial charge < -0.3 is 38.4 Å². The average molecular weight is 762 g/mol. The van der Waals surface area contributed by atoms with Gasteiger partial charge in [-0.2, -0.15) is 0 Å². The molecule has 1 aliphatic heterocycles. The number of hydrogen-bond donors (Lipinski definition) is 1. The first kappa shape index (κ1) is 42.5. The van der Waals surface area contributed by atoms with Gasteiger partial charge >= 0.3 is 29.7 Å². The number of esters is 3. The zero-order valence-electron chi connectivity index (χ0n) is 32.6. The Bertz CT molecular complexity index is 1780. The molecule has 1 aliphatic rings. The lowest BCUT2D eigenvalue weighted by Crippen LogP contribution is -2.54. The van der Waals surface area contributed by atoms with Crippen molar-refractivity contribution < 1.29 is 57.5 Å². The Hall–Kier alpha value is -5.27. The largest absolute Gasteiger partial charge is 0.477 e. The molecule has 0 aliphatic carbocycles. The van der Waals surface area contributed by atoms with Crippen LogP contribution in [-0.4, -0.2) is 88.2 Å². The van der Waals surface area contributed by atoms with E-state index >= 15 is 0 Å². The van der Waals surface area contributed by atoms with Gasteiger partial charge in [-0.25, -0.2) is 14.4 Å². The van der Waals surface area contributed by atoms with E-state index in [4.69, 9.17) is 28.4 Å². The Balaban J connectivity index is 1.79. The van der Waals surface area contributed by atoms with Gasteiger partial charge in [-0.1, -0.05) is 60.7 Å². The van der Waals surface area contributed by atoms with Crippen molar-refractivity contribution in [3.05, 3.63) is 96.1 Å². The number of carboxylic acid groups (broad SMARTS) is 1. The summed E-state index contributed by atoms with van der Waals surface area (Å²) < 4.78 is 33.3. The van der Waals surface area contributed by atoms with Crippen molar-refractivity contribution in [2.24, 2.45) is 0 Å². The molecule has 3 aromatic rings. The van der Waals surface area contributed by atoms with Crippen LogP contribution in [0.4, 0.5) is 0 Å². The highest BCUT2D eigenvalue weighted by molar-refractivity contribution is 6.03. The van der Waals surface area contributed by atoms with Crippen molar-refractivity contribution in [1.29, 1.82) is 0 Å². The number of aliphatic carboxylic acids is 1. The van der Waals surface area contributed by atoms with E-state index in [0.717, 1.165) is 11.1 Å². The first-order valence-electron chi connectivity index (χ1n) is 18.2. The summed E-state index contributed by atoms with van der Waals surface area (Å²) in [4.78, 5) is 68.9. The third-order valence-corrected chi connectivity index (χ3v) is 8.52. The number of hydrogen-bond acceptors (Lipinski definition) is 11. The summed E-state index contributed by atoms with van der Waals surface area (Å²) in [5.74, 6) is -8.76. The monoisotopic (exact) mass is 761 g/mol. The predicted molar refractivity (Wildman–Crippen MR) is 200 cm³/mol. The van der Waals surface area contributed by atoms with Crippen molar-refractivity contribution in [3.63, 3.8) is 0 Å². The van der Waals surface area contributed by atoms with Gasteiger partial charge in [-0.15, -0.1) is 0 Å². The number of carboxylic acids is 1. The smallest absolute Gasteiger partial charge is 0.379 e. The highest BCUT2D eigenvalue weighted by atomic mass is 16.8. The molecule has 0 bridgehead atoms. The van der Waals surface area contributed by atoms with Crippen LogP contribution in [0.15, 0.2) is 84.9 Å². The van der Waals surface area contributed by atoms with E-state index in [-0.39, 0.29) is 6.61 Å². The van der Waals surface area contributed by atoms with Crippen LogP contribution in [0.3, 0.4) is 0 Å². The molecule has 13 heteroatoms. The lowest BCUT2D eigenvalue weighted by molar-refractivity contribution is -0.225. The molecular weight excluding hydrogens is 710 g/mol. The minimum atomic E-state index is -3.18. The van der Waals surface area contributed by atoms with Crippen molar-refractivity contribution in [2.45, 2.75) is 109 Å². The Morgan fingerprint density at radius 2 is 1.33 bits per heavy atom. The van der Waals surface area contributed by atoms with E-state index in [2.05, 4.69) is 0 Å². The molecule has 1 fully saturated rings. The number of aryl methyl sites for hydroxylation is 1. The van der Waals surface area contributed by atoms with E-state index in [0.29, 0.717) is 24.3 Å². The molecule has 1 unspecified atom stereocenters. The maximum atomic E-state index is 14.9. The van der Waals surface area contributed by atoms with E-state index in [1.807, 2.05) is 72.8 Å². The lowest BCUT2D eigenvalue weighted by Gasteiger charge is -2.37.